The van der Waals surface area contributed by atoms with Crippen LogP contribution < -0.4 is 0 Å². The smallest absolute Gasteiger partial charge is 0.134 e. The van der Waals surface area contributed by atoms with Crippen molar-refractivity contribution in [1.82, 2.24) is 19.9 Å². The van der Waals surface area contributed by atoms with Gasteiger partial charge in [0.1, 0.15) is 11.3 Å². The highest BCUT2D eigenvalue weighted by atomic mass is 16.5. The molecule has 1 fully saturated rings. The molecule has 0 bridgehead atoms. The summed E-state index contributed by atoms with van der Waals surface area (Å²) in [6.45, 7) is 2.55. The van der Waals surface area contributed by atoms with Gasteiger partial charge in [-0.2, -0.15) is 0 Å². The zero-order valence-electron chi connectivity index (χ0n) is 13.3. The van der Waals surface area contributed by atoms with Crippen molar-refractivity contribution < 1.29 is 9.15 Å². The minimum atomic E-state index is 0.135. The summed E-state index contributed by atoms with van der Waals surface area (Å²) in [5, 5.41) is 9.45. The van der Waals surface area contributed by atoms with Crippen molar-refractivity contribution in [2.45, 2.75) is 18.6 Å². The Balaban J connectivity index is 1.51. The summed E-state index contributed by atoms with van der Waals surface area (Å²) in [5.41, 5.74) is 1.93. The fourth-order valence-corrected chi connectivity index (χ4v) is 3.37. The Labute approximate surface area is 134 Å². The lowest BCUT2D eigenvalue weighted by Gasteiger charge is -2.13. The van der Waals surface area contributed by atoms with Crippen molar-refractivity contribution >= 4 is 11.0 Å². The number of rotatable bonds is 4. The molecule has 2 aromatic heterocycles. The van der Waals surface area contributed by atoms with Gasteiger partial charge in [0, 0.05) is 44.7 Å². The van der Waals surface area contributed by atoms with Crippen molar-refractivity contribution in [3.63, 3.8) is 0 Å². The van der Waals surface area contributed by atoms with Crippen LogP contribution in [0.2, 0.25) is 0 Å². The summed E-state index contributed by atoms with van der Waals surface area (Å²) in [6, 6.07) is 10.2. The third-order valence-electron chi connectivity index (χ3n) is 4.50. The number of nitrogens with zero attached hydrogens (tertiary/aromatic N) is 4. The van der Waals surface area contributed by atoms with Gasteiger partial charge >= 0.3 is 0 Å². The van der Waals surface area contributed by atoms with Crippen LogP contribution in [0.5, 0.6) is 0 Å². The first-order valence-corrected chi connectivity index (χ1v) is 7.82. The number of benzene rings is 1. The van der Waals surface area contributed by atoms with E-state index in [0.717, 1.165) is 42.1 Å². The summed E-state index contributed by atoms with van der Waals surface area (Å²) in [7, 11) is 3.65. The average Bonchev–Trinajstić information content (AvgIpc) is 3.24. The molecular weight excluding hydrogens is 292 g/mol. The zero-order chi connectivity index (χ0) is 15.8. The van der Waals surface area contributed by atoms with Crippen LogP contribution >= 0.6 is 0 Å². The van der Waals surface area contributed by atoms with E-state index in [1.54, 1.807) is 11.8 Å². The summed E-state index contributed by atoms with van der Waals surface area (Å²) >= 11 is 0. The lowest BCUT2D eigenvalue weighted by Crippen LogP contribution is -2.22. The molecule has 1 aliphatic heterocycles. The van der Waals surface area contributed by atoms with E-state index in [2.05, 4.69) is 27.3 Å². The quantitative estimate of drug-likeness (QED) is 0.739. The van der Waals surface area contributed by atoms with E-state index in [9.17, 15) is 0 Å². The van der Waals surface area contributed by atoms with E-state index >= 15 is 0 Å². The fourth-order valence-electron chi connectivity index (χ4n) is 3.37. The molecule has 0 unspecified atom stereocenters. The molecule has 0 saturated carbocycles. The van der Waals surface area contributed by atoms with Crippen molar-refractivity contribution in [1.29, 1.82) is 0 Å². The minimum absolute atomic E-state index is 0.135. The molecular formula is C17H20N4O2. The number of ether oxygens (including phenoxy) is 1. The van der Waals surface area contributed by atoms with Crippen LogP contribution in [0.4, 0.5) is 0 Å². The number of aryl methyl sites for hydroxylation is 1. The van der Waals surface area contributed by atoms with Crippen LogP contribution in [0.15, 0.2) is 40.9 Å². The molecule has 0 radical (unpaired) electrons. The summed E-state index contributed by atoms with van der Waals surface area (Å²) in [5.74, 6) is 1.24. The standard InChI is InChI=1S/C17H20N4O2/c1-20-10-15(18-19-20)14-9-21(11-17(14)22-2)8-13-7-12-5-3-4-6-16(12)23-13/h3-7,10,14,17H,8-9,11H2,1-2H3/t14-,17+/m0/s1. The van der Waals surface area contributed by atoms with Gasteiger partial charge in [-0.1, -0.05) is 23.4 Å². The zero-order valence-corrected chi connectivity index (χ0v) is 13.3. The highest BCUT2D eigenvalue weighted by Gasteiger charge is 2.36. The van der Waals surface area contributed by atoms with E-state index in [1.165, 1.54) is 0 Å². The highest BCUT2D eigenvalue weighted by molar-refractivity contribution is 5.77. The molecule has 1 aromatic carbocycles. The van der Waals surface area contributed by atoms with Gasteiger partial charge in [-0.05, 0) is 12.1 Å². The Hall–Kier alpha value is -2.18. The van der Waals surface area contributed by atoms with Gasteiger partial charge < -0.3 is 9.15 Å². The maximum absolute atomic E-state index is 5.93. The maximum atomic E-state index is 5.93. The lowest BCUT2D eigenvalue weighted by molar-refractivity contribution is 0.0951. The monoisotopic (exact) mass is 312 g/mol. The number of aromatic nitrogens is 3. The van der Waals surface area contributed by atoms with Crippen LogP contribution in [0.25, 0.3) is 11.0 Å². The van der Waals surface area contributed by atoms with E-state index in [4.69, 9.17) is 9.15 Å². The van der Waals surface area contributed by atoms with Crippen LogP contribution in [0, 0.1) is 0 Å². The molecule has 120 valence electrons. The Kier molecular flexibility index (Phi) is 3.63. The van der Waals surface area contributed by atoms with Crippen LogP contribution in [0.1, 0.15) is 17.4 Å². The molecule has 6 heteroatoms. The van der Waals surface area contributed by atoms with E-state index in [1.807, 2.05) is 31.4 Å². The fraction of sp³-hybridized carbons (Fsp3) is 0.412. The minimum Gasteiger partial charge on any atom is -0.460 e. The topological polar surface area (TPSA) is 56.3 Å². The number of likely N-dealkylation sites (tertiary alicyclic amines) is 1. The predicted molar refractivity (Wildman–Crippen MR) is 86.0 cm³/mol. The molecule has 0 spiro atoms. The van der Waals surface area contributed by atoms with Gasteiger partial charge in [0.05, 0.1) is 18.3 Å². The number of fused-ring (bicyclic) bond motifs is 1. The summed E-state index contributed by atoms with van der Waals surface area (Å²) in [6.07, 6.45) is 2.11. The van der Waals surface area contributed by atoms with E-state index < -0.39 is 0 Å². The predicted octanol–water partition coefficient (Wildman–Crippen LogP) is 2.18. The number of furan rings is 1. The molecule has 6 nitrogen and oxygen atoms in total. The summed E-state index contributed by atoms with van der Waals surface area (Å²) < 4.78 is 13.3. The summed E-state index contributed by atoms with van der Waals surface area (Å²) in [4.78, 5) is 2.35. The van der Waals surface area contributed by atoms with Crippen molar-refractivity contribution in [2.75, 3.05) is 20.2 Å². The van der Waals surface area contributed by atoms with Gasteiger partial charge in [0.15, 0.2) is 0 Å². The Morgan fingerprint density at radius 2 is 2.17 bits per heavy atom. The molecule has 0 amide bonds. The van der Waals surface area contributed by atoms with Crippen molar-refractivity contribution in [3.05, 3.63) is 48.0 Å². The first kappa shape index (κ1) is 14.4. The van der Waals surface area contributed by atoms with Gasteiger partial charge in [-0.3, -0.25) is 9.58 Å². The first-order valence-electron chi connectivity index (χ1n) is 7.82. The molecule has 4 rings (SSSR count). The molecule has 0 N–H and O–H groups in total. The van der Waals surface area contributed by atoms with Gasteiger partial charge in [0.25, 0.3) is 0 Å². The first-order chi connectivity index (χ1) is 11.2. The molecule has 1 saturated heterocycles. The Bertz CT molecular complexity index is 777. The van der Waals surface area contributed by atoms with Crippen LogP contribution in [-0.4, -0.2) is 46.2 Å². The van der Waals surface area contributed by atoms with Crippen LogP contribution in [-0.2, 0) is 18.3 Å². The van der Waals surface area contributed by atoms with Gasteiger partial charge in [0.2, 0.25) is 0 Å². The third kappa shape index (κ3) is 2.75. The SMILES string of the molecule is CO[C@@H]1CN(Cc2cc3ccccc3o2)C[C@H]1c1cn(C)nn1. The molecule has 1 aliphatic rings. The average molecular weight is 312 g/mol. The number of hydrogen-bond donors (Lipinski definition) is 0. The molecule has 3 heterocycles. The maximum Gasteiger partial charge on any atom is 0.134 e. The molecule has 3 aromatic rings. The Morgan fingerprint density at radius 3 is 2.91 bits per heavy atom. The second-order valence-corrected chi connectivity index (χ2v) is 6.14. The Morgan fingerprint density at radius 1 is 1.30 bits per heavy atom. The third-order valence-corrected chi connectivity index (χ3v) is 4.50. The second-order valence-electron chi connectivity index (χ2n) is 6.14. The lowest BCUT2D eigenvalue weighted by atomic mass is 10.0. The highest BCUT2D eigenvalue weighted by Crippen LogP contribution is 2.30. The van der Waals surface area contributed by atoms with Crippen molar-refractivity contribution in [3.8, 4) is 0 Å². The van der Waals surface area contributed by atoms with E-state index in [-0.39, 0.29) is 12.0 Å². The van der Waals surface area contributed by atoms with Crippen LogP contribution in [0.3, 0.4) is 0 Å². The van der Waals surface area contributed by atoms with Gasteiger partial charge in [-0.25, -0.2) is 0 Å². The van der Waals surface area contributed by atoms with Crippen molar-refractivity contribution in [2.24, 2.45) is 7.05 Å². The van der Waals surface area contributed by atoms with E-state index in [0.29, 0.717) is 0 Å². The number of para-hydroxylation sites is 1. The molecule has 2 atom stereocenters. The molecule has 0 aliphatic carbocycles. The molecule has 23 heavy (non-hydrogen) atoms. The second kappa shape index (κ2) is 5.79. The number of methoxy groups -OCH3 is 1. The van der Waals surface area contributed by atoms with Gasteiger partial charge in [-0.15, -0.1) is 5.10 Å². The normalized spacial score (nSPS) is 22.2. The largest absolute Gasteiger partial charge is 0.460 e. The number of hydrogen-bond acceptors (Lipinski definition) is 5.